The number of aliphatic carboxylic acids is 2. The van der Waals surface area contributed by atoms with Crippen molar-refractivity contribution < 1.29 is 29.4 Å². The number of hydrogen-bond acceptors (Lipinski definition) is 10. The summed E-state index contributed by atoms with van der Waals surface area (Å²) >= 11 is 0. The van der Waals surface area contributed by atoms with Gasteiger partial charge in [0, 0.05) is 53.9 Å². The van der Waals surface area contributed by atoms with Crippen molar-refractivity contribution in [2.75, 3.05) is 34.8 Å². The zero-order valence-corrected chi connectivity index (χ0v) is 20.7. The molecule has 1 amide bonds. The topological polar surface area (TPSA) is 229 Å². The first-order valence-electron chi connectivity index (χ1n) is 10.1. The monoisotopic (exact) mass is 496 g/mol. The van der Waals surface area contributed by atoms with Crippen LogP contribution in [0, 0.1) is 5.92 Å². The van der Waals surface area contributed by atoms with Gasteiger partial charge in [-0.3, -0.25) is 19.4 Å². The van der Waals surface area contributed by atoms with Gasteiger partial charge in [-0.2, -0.15) is 4.98 Å². The molecule has 1 aromatic carbocycles. The summed E-state index contributed by atoms with van der Waals surface area (Å²) in [6.45, 7) is 0.899. The van der Waals surface area contributed by atoms with E-state index in [1.807, 2.05) is 0 Å². The Morgan fingerprint density at radius 3 is 2.49 bits per heavy atom. The Kier molecular flexibility index (Phi) is 9.62. The van der Waals surface area contributed by atoms with Crippen molar-refractivity contribution in [3.8, 4) is 0 Å². The van der Waals surface area contributed by atoms with Crippen molar-refractivity contribution >= 4 is 76.8 Å². The second kappa shape index (κ2) is 12.2. The predicted molar refractivity (Wildman–Crippen MR) is 127 cm³/mol. The number of nitrogens with two attached hydrogens (primary N) is 1. The van der Waals surface area contributed by atoms with Gasteiger partial charge in [-0.05, 0) is 30.7 Å². The Hall–Kier alpha value is -3.62. The van der Waals surface area contributed by atoms with E-state index in [2.05, 4.69) is 31.2 Å². The Morgan fingerprint density at radius 1 is 1.20 bits per heavy atom. The molecule has 0 saturated carbocycles. The molecular weight excluding hydrogens is 473 g/mol. The summed E-state index contributed by atoms with van der Waals surface area (Å²) in [7, 11) is 0. The van der Waals surface area contributed by atoms with Gasteiger partial charge in [0.15, 0.2) is 5.82 Å². The summed E-state index contributed by atoms with van der Waals surface area (Å²) in [4.78, 5) is 64.0. The molecule has 0 saturated heterocycles. The number of rotatable bonds is 10. The van der Waals surface area contributed by atoms with Crippen molar-refractivity contribution in [2.24, 2.45) is 5.92 Å². The fourth-order valence-electron chi connectivity index (χ4n) is 3.26. The fraction of sp³-hybridized carbons (Fsp3) is 0.300. The zero-order valence-electron chi connectivity index (χ0n) is 18.7. The van der Waals surface area contributed by atoms with Gasteiger partial charge in [-0.15, -0.1) is 0 Å². The van der Waals surface area contributed by atoms with E-state index in [0.29, 0.717) is 24.6 Å². The van der Waals surface area contributed by atoms with Crippen molar-refractivity contribution in [2.45, 2.75) is 18.5 Å². The normalized spacial score (nSPS) is 15.6. The number of nitrogens with one attached hydrogen (secondary N) is 5. The average molecular weight is 496 g/mol. The maximum Gasteiger partial charge on any atom is 0.326 e. The number of aromatic amines is 1. The summed E-state index contributed by atoms with van der Waals surface area (Å²) in [5.41, 5.74) is 6.23. The number of hydrogen-bond donors (Lipinski definition) is 8. The Morgan fingerprint density at radius 2 is 1.89 bits per heavy atom. The van der Waals surface area contributed by atoms with E-state index in [4.69, 9.17) is 10.8 Å². The van der Waals surface area contributed by atoms with Crippen LogP contribution in [0.5, 0.6) is 0 Å². The zero-order chi connectivity index (χ0) is 24.8. The quantitative estimate of drug-likeness (QED) is 0.110. The molecule has 181 valence electrons. The molecule has 2 aromatic rings. The number of carboxylic acids is 2. The number of aromatic nitrogens is 2. The average Bonchev–Trinajstić information content (AvgIpc) is 2.80. The van der Waals surface area contributed by atoms with E-state index in [1.54, 1.807) is 12.1 Å². The predicted octanol–water partition coefficient (Wildman–Crippen LogP) is -1.24. The van der Waals surface area contributed by atoms with Crippen LogP contribution in [0.15, 0.2) is 29.1 Å². The van der Waals surface area contributed by atoms with Gasteiger partial charge in [0.05, 0.1) is 6.04 Å². The Bertz CT molecular complexity index is 1160. The van der Waals surface area contributed by atoms with Crippen LogP contribution in [0.25, 0.3) is 0 Å². The number of carbonyl (C=O) groups excluding carboxylic acids is 2. The Balaban J connectivity index is 0.00000432. The van der Waals surface area contributed by atoms with Crippen molar-refractivity contribution in [3.63, 3.8) is 0 Å². The summed E-state index contributed by atoms with van der Waals surface area (Å²) in [6.07, 6.45) is -0.446. The molecule has 1 aliphatic heterocycles. The third-order valence-electron chi connectivity index (χ3n) is 5.08. The fourth-order valence-corrected chi connectivity index (χ4v) is 3.26. The largest absolute Gasteiger partial charge is 0.481 e. The van der Waals surface area contributed by atoms with E-state index in [1.165, 1.54) is 12.1 Å². The summed E-state index contributed by atoms with van der Waals surface area (Å²) in [5.74, 6) is -4.82. The molecule has 0 bridgehead atoms. The number of anilines is 4. The van der Waals surface area contributed by atoms with E-state index in [-0.39, 0.29) is 59.1 Å². The molecule has 3 rings (SSSR count). The first-order chi connectivity index (χ1) is 16.2. The van der Waals surface area contributed by atoms with Gasteiger partial charge < -0.3 is 42.0 Å². The molecule has 2 unspecified atom stereocenters. The number of carbonyl (C=O) groups is 4. The minimum atomic E-state index is -1.55. The van der Waals surface area contributed by atoms with Crippen molar-refractivity contribution in [1.29, 1.82) is 0 Å². The Labute approximate surface area is 220 Å². The first-order valence-corrected chi connectivity index (χ1v) is 10.1. The van der Waals surface area contributed by atoms with Crippen LogP contribution in [0.2, 0.25) is 0 Å². The standard InChI is InChI=1S/C20H23N7O7.Na/c21-20-26-15-14(17(30)27-20)24-12(7-23-15)6-22-11-3-1-9(2-4-11)16(29)25-13(19(33)34)5-10(8-28)18(31)32;/h1-4,8,10,12-13,22,24H,5-7H2,(H,25,29)(H,31,32)(H,33,34)(H4,21,23,26,27,30);/t10?,12?,13-;/m0./s1. The SMILES string of the molecule is Nc1nc2c(c(=O)[nH]1)NC(CNc1ccc(C(=O)N[C@@H](CC(C=O)C(=O)O)C(=O)O)cc1)CN2.[Na]. The van der Waals surface area contributed by atoms with Gasteiger partial charge in [0.2, 0.25) is 5.95 Å². The molecule has 14 nitrogen and oxygen atoms in total. The summed E-state index contributed by atoms with van der Waals surface area (Å²) < 4.78 is 0. The van der Waals surface area contributed by atoms with Crippen LogP contribution in [-0.4, -0.2) is 99.0 Å². The molecule has 35 heavy (non-hydrogen) atoms. The van der Waals surface area contributed by atoms with Crippen molar-refractivity contribution in [1.82, 2.24) is 15.3 Å². The van der Waals surface area contributed by atoms with Crippen molar-refractivity contribution in [3.05, 3.63) is 40.2 Å². The van der Waals surface area contributed by atoms with Crippen LogP contribution in [0.1, 0.15) is 16.8 Å². The van der Waals surface area contributed by atoms with Crippen LogP contribution in [-0.2, 0) is 14.4 Å². The number of nitrogen functional groups attached to an aromatic ring is 1. The number of carboxylic acid groups (broad SMARTS) is 2. The maximum absolute atomic E-state index is 12.4. The third kappa shape index (κ3) is 7.18. The van der Waals surface area contributed by atoms with Gasteiger partial charge in [-0.1, -0.05) is 0 Å². The van der Waals surface area contributed by atoms with Gasteiger partial charge in [0.25, 0.3) is 11.5 Å². The number of fused-ring (bicyclic) bond motifs is 1. The third-order valence-corrected chi connectivity index (χ3v) is 5.08. The molecule has 0 spiro atoms. The molecule has 1 radical (unpaired) electrons. The molecule has 1 aliphatic rings. The summed E-state index contributed by atoms with van der Waals surface area (Å²) in [5, 5.41) is 29.7. The minimum Gasteiger partial charge on any atom is -0.481 e. The molecular formula is C20H23N7NaO7. The first kappa shape index (κ1) is 27.6. The number of benzene rings is 1. The molecule has 9 N–H and O–H groups in total. The molecule has 1 aromatic heterocycles. The van der Waals surface area contributed by atoms with E-state index in [0.717, 1.165) is 0 Å². The van der Waals surface area contributed by atoms with Gasteiger partial charge in [0.1, 0.15) is 23.9 Å². The molecule has 2 heterocycles. The molecule has 15 heteroatoms. The van der Waals surface area contributed by atoms with Crippen LogP contribution in [0.4, 0.5) is 23.1 Å². The van der Waals surface area contributed by atoms with Gasteiger partial charge >= 0.3 is 11.9 Å². The molecule has 0 fully saturated rings. The van der Waals surface area contributed by atoms with Crippen LogP contribution >= 0.6 is 0 Å². The number of amides is 1. The second-order valence-corrected chi connectivity index (χ2v) is 7.54. The summed E-state index contributed by atoms with van der Waals surface area (Å²) in [6, 6.07) is 4.44. The minimum absolute atomic E-state index is 0. The van der Waals surface area contributed by atoms with E-state index < -0.39 is 41.8 Å². The van der Waals surface area contributed by atoms with E-state index in [9.17, 15) is 29.1 Å². The second-order valence-electron chi connectivity index (χ2n) is 7.54. The number of H-pyrrole nitrogens is 1. The van der Waals surface area contributed by atoms with Crippen LogP contribution < -0.4 is 32.6 Å². The molecule has 0 aliphatic carbocycles. The van der Waals surface area contributed by atoms with Gasteiger partial charge in [-0.25, -0.2) is 4.79 Å². The smallest absolute Gasteiger partial charge is 0.326 e. The maximum atomic E-state index is 12.4. The molecule has 3 atom stereocenters. The van der Waals surface area contributed by atoms with Crippen LogP contribution in [0.3, 0.4) is 0 Å². The number of aldehydes is 1. The number of nitrogens with zero attached hydrogens (tertiary/aromatic N) is 1. The van der Waals surface area contributed by atoms with E-state index >= 15 is 0 Å².